The molecule has 1 aliphatic carbocycles. The summed E-state index contributed by atoms with van der Waals surface area (Å²) >= 11 is 1.63. The molecule has 0 radical (unpaired) electrons. The first kappa shape index (κ1) is 20.9. The van der Waals surface area contributed by atoms with Crippen molar-refractivity contribution in [2.45, 2.75) is 38.3 Å². The van der Waals surface area contributed by atoms with Crippen molar-refractivity contribution in [2.75, 3.05) is 0 Å². The Hall–Kier alpha value is -1.14. The number of carbonyl (C=O) groups is 1. The molecule has 1 fully saturated rings. The predicted molar refractivity (Wildman–Crippen MR) is 103 cm³/mol. The summed E-state index contributed by atoms with van der Waals surface area (Å²) < 4.78 is 0. The molecular formula is C17H23Cl2N3OS. The summed E-state index contributed by atoms with van der Waals surface area (Å²) in [6.45, 7) is 1.98. The van der Waals surface area contributed by atoms with E-state index in [2.05, 4.69) is 10.3 Å². The number of rotatable bonds is 6. The molecule has 1 aliphatic rings. The average molecular weight is 388 g/mol. The maximum absolute atomic E-state index is 12.3. The standard InChI is InChI=1S/C17H21N3OS.2ClH/c1-11-10-22-17(19-11)16(13-7-8-13)20-15(21)9-14(18)12-5-3-2-4-6-12;;/h2-6,10,13-14,16H,7-9,18H2,1H3,(H,20,21);2*1H. The van der Waals surface area contributed by atoms with Crippen LogP contribution < -0.4 is 11.1 Å². The van der Waals surface area contributed by atoms with E-state index in [0.29, 0.717) is 12.3 Å². The maximum atomic E-state index is 12.3. The number of aryl methyl sites for hydroxylation is 1. The number of benzene rings is 1. The Bertz CT molecular complexity index is 646. The van der Waals surface area contributed by atoms with E-state index in [1.807, 2.05) is 42.6 Å². The van der Waals surface area contributed by atoms with Crippen molar-refractivity contribution in [3.8, 4) is 0 Å². The monoisotopic (exact) mass is 387 g/mol. The van der Waals surface area contributed by atoms with Crippen LogP contribution in [0.4, 0.5) is 0 Å². The van der Waals surface area contributed by atoms with Crippen molar-refractivity contribution in [2.24, 2.45) is 11.7 Å². The van der Waals surface area contributed by atoms with Gasteiger partial charge in [0.25, 0.3) is 0 Å². The summed E-state index contributed by atoms with van der Waals surface area (Å²) in [4.78, 5) is 16.9. The minimum absolute atomic E-state index is 0. The van der Waals surface area contributed by atoms with Gasteiger partial charge < -0.3 is 11.1 Å². The molecule has 1 aromatic heterocycles. The van der Waals surface area contributed by atoms with Gasteiger partial charge in [0.1, 0.15) is 5.01 Å². The van der Waals surface area contributed by atoms with Crippen LogP contribution in [0.15, 0.2) is 35.7 Å². The van der Waals surface area contributed by atoms with Crippen LogP contribution in [0.2, 0.25) is 0 Å². The Labute approximate surface area is 159 Å². The molecular weight excluding hydrogens is 365 g/mol. The Morgan fingerprint density at radius 1 is 1.33 bits per heavy atom. The molecule has 0 bridgehead atoms. The van der Waals surface area contributed by atoms with Crippen molar-refractivity contribution in [3.63, 3.8) is 0 Å². The fourth-order valence-corrected chi connectivity index (χ4v) is 3.51. The van der Waals surface area contributed by atoms with Gasteiger partial charge in [-0.25, -0.2) is 4.98 Å². The second-order valence-electron chi connectivity index (χ2n) is 5.93. The molecule has 3 rings (SSSR count). The van der Waals surface area contributed by atoms with Crippen LogP contribution in [0.3, 0.4) is 0 Å². The highest BCUT2D eigenvalue weighted by Gasteiger charge is 2.35. The van der Waals surface area contributed by atoms with Gasteiger partial charge in [0.15, 0.2) is 0 Å². The average Bonchev–Trinajstić information content (AvgIpc) is 3.27. The third-order valence-corrected chi connectivity index (χ3v) is 4.99. The van der Waals surface area contributed by atoms with Crippen LogP contribution >= 0.6 is 36.2 Å². The fourth-order valence-electron chi connectivity index (χ4n) is 2.58. The van der Waals surface area contributed by atoms with Gasteiger partial charge in [-0.3, -0.25) is 4.79 Å². The van der Waals surface area contributed by atoms with Crippen molar-refractivity contribution in [1.82, 2.24) is 10.3 Å². The molecule has 0 saturated heterocycles. The zero-order chi connectivity index (χ0) is 15.5. The predicted octanol–water partition coefficient (Wildman–Crippen LogP) is 3.95. The quantitative estimate of drug-likeness (QED) is 0.787. The topological polar surface area (TPSA) is 68.0 Å². The number of nitrogens with two attached hydrogens (primary N) is 1. The van der Waals surface area contributed by atoms with Crippen molar-refractivity contribution in [3.05, 3.63) is 52.0 Å². The zero-order valence-corrected chi connectivity index (χ0v) is 15.9. The lowest BCUT2D eigenvalue weighted by atomic mass is 10.0. The largest absolute Gasteiger partial charge is 0.347 e. The zero-order valence-electron chi connectivity index (χ0n) is 13.5. The molecule has 2 atom stereocenters. The number of hydrogen-bond donors (Lipinski definition) is 2. The number of halogens is 2. The van der Waals surface area contributed by atoms with Gasteiger partial charge in [0, 0.05) is 23.5 Å². The molecule has 7 heteroatoms. The molecule has 1 amide bonds. The highest BCUT2D eigenvalue weighted by Crippen LogP contribution is 2.41. The summed E-state index contributed by atoms with van der Waals surface area (Å²) in [5, 5.41) is 6.19. The third kappa shape index (κ3) is 5.45. The van der Waals surface area contributed by atoms with Gasteiger partial charge in [0.05, 0.1) is 6.04 Å². The van der Waals surface area contributed by atoms with E-state index in [1.54, 1.807) is 11.3 Å². The summed E-state index contributed by atoms with van der Waals surface area (Å²) in [6, 6.07) is 9.54. The molecule has 1 aromatic carbocycles. The molecule has 1 heterocycles. The van der Waals surface area contributed by atoms with E-state index in [0.717, 1.165) is 29.1 Å². The van der Waals surface area contributed by atoms with Crippen molar-refractivity contribution >= 4 is 42.1 Å². The first-order chi connectivity index (χ1) is 10.6. The molecule has 2 unspecified atom stereocenters. The molecule has 132 valence electrons. The molecule has 3 N–H and O–H groups in total. The highest BCUT2D eigenvalue weighted by atomic mass is 35.5. The fraction of sp³-hybridized carbons (Fsp3) is 0.412. The third-order valence-electron chi connectivity index (χ3n) is 3.95. The smallest absolute Gasteiger partial charge is 0.222 e. The molecule has 0 spiro atoms. The van der Waals surface area contributed by atoms with Crippen LogP contribution in [0.1, 0.15) is 47.6 Å². The summed E-state index contributed by atoms with van der Waals surface area (Å²) in [7, 11) is 0. The number of hydrogen-bond acceptors (Lipinski definition) is 4. The van der Waals surface area contributed by atoms with Crippen LogP contribution in [-0.4, -0.2) is 10.9 Å². The van der Waals surface area contributed by atoms with E-state index in [-0.39, 0.29) is 42.8 Å². The second-order valence-corrected chi connectivity index (χ2v) is 6.82. The minimum atomic E-state index is -0.265. The second kappa shape index (κ2) is 9.37. The van der Waals surface area contributed by atoms with Crippen molar-refractivity contribution in [1.29, 1.82) is 0 Å². The van der Waals surface area contributed by atoms with Gasteiger partial charge >= 0.3 is 0 Å². The maximum Gasteiger partial charge on any atom is 0.222 e. The number of amides is 1. The Balaban J connectivity index is 0.00000144. The SMILES string of the molecule is Cc1csc(C(NC(=O)CC(N)c2ccccc2)C2CC2)n1.Cl.Cl. The summed E-state index contributed by atoms with van der Waals surface area (Å²) in [5.74, 6) is 0.531. The van der Waals surface area contributed by atoms with E-state index in [4.69, 9.17) is 5.73 Å². The first-order valence-electron chi connectivity index (χ1n) is 7.65. The molecule has 1 saturated carbocycles. The lowest BCUT2D eigenvalue weighted by molar-refractivity contribution is -0.122. The van der Waals surface area contributed by atoms with Crippen LogP contribution in [0.25, 0.3) is 0 Å². The van der Waals surface area contributed by atoms with E-state index < -0.39 is 0 Å². The summed E-state index contributed by atoms with van der Waals surface area (Å²) in [6.07, 6.45) is 2.63. The number of aromatic nitrogens is 1. The molecule has 2 aromatic rings. The van der Waals surface area contributed by atoms with E-state index in [1.165, 1.54) is 0 Å². The minimum Gasteiger partial charge on any atom is -0.347 e. The van der Waals surface area contributed by atoms with E-state index >= 15 is 0 Å². The van der Waals surface area contributed by atoms with Gasteiger partial charge in [-0.2, -0.15) is 0 Å². The van der Waals surface area contributed by atoms with Gasteiger partial charge in [-0.05, 0) is 31.2 Å². The Morgan fingerprint density at radius 3 is 2.54 bits per heavy atom. The summed E-state index contributed by atoms with van der Waals surface area (Å²) in [5.41, 5.74) is 8.14. The normalized spacial score (nSPS) is 15.6. The van der Waals surface area contributed by atoms with Gasteiger partial charge in [0.2, 0.25) is 5.91 Å². The van der Waals surface area contributed by atoms with E-state index in [9.17, 15) is 4.79 Å². The molecule has 4 nitrogen and oxygen atoms in total. The Morgan fingerprint density at radius 2 is 2.00 bits per heavy atom. The molecule has 0 aliphatic heterocycles. The number of nitrogens with one attached hydrogen (secondary N) is 1. The van der Waals surface area contributed by atoms with Crippen LogP contribution in [0, 0.1) is 12.8 Å². The first-order valence-corrected chi connectivity index (χ1v) is 8.53. The van der Waals surface area contributed by atoms with Gasteiger partial charge in [-0.1, -0.05) is 30.3 Å². The lowest BCUT2D eigenvalue weighted by Crippen LogP contribution is -2.32. The highest BCUT2D eigenvalue weighted by molar-refractivity contribution is 7.09. The number of thiazole rings is 1. The number of nitrogens with zero attached hydrogens (tertiary/aromatic N) is 1. The molecule has 24 heavy (non-hydrogen) atoms. The van der Waals surface area contributed by atoms with Crippen LogP contribution in [-0.2, 0) is 4.79 Å². The van der Waals surface area contributed by atoms with Gasteiger partial charge in [-0.15, -0.1) is 36.2 Å². The van der Waals surface area contributed by atoms with Crippen molar-refractivity contribution < 1.29 is 4.79 Å². The Kier molecular flexibility index (Phi) is 8.16. The number of carbonyl (C=O) groups excluding carboxylic acids is 1. The van der Waals surface area contributed by atoms with Crippen LogP contribution in [0.5, 0.6) is 0 Å². The lowest BCUT2D eigenvalue weighted by Gasteiger charge is -2.18.